The summed E-state index contributed by atoms with van der Waals surface area (Å²) in [6.07, 6.45) is 4.95. The third-order valence-electron chi connectivity index (χ3n) is 2.04. The summed E-state index contributed by atoms with van der Waals surface area (Å²) in [6, 6.07) is 9.03. The van der Waals surface area contributed by atoms with Crippen LogP contribution in [0.1, 0.15) is 6.92 Å². The highest BCUT2D eigenvalue weighted by atomic mass is 16.3. The molecule has 1 aromatic rings. The predicted octanol–water partition coefficient (Wildman–Crippen LogP) is 3.20. The molecule has 0 unspecified atom stereocenters. The number of nitrogens with one attached hydrogen (secondary N) is 1. The molecule has 1 amide bonds. The van der Waals surface area contributed by atoms with Crippen LogP contribution >= 0.6 is 0 Å². The number of hydrogen-bond donors (Lipinski definition) is 2. The molecule has 1 rings (SSSR count). The Morgan fingerprint density at radius 3 is 2.53 bits per heavy atom. The molecule has 2 N–H and O–H groups in total. The lowest BCUT2D eigenvalue weighted by molar-refractivity contribution is -0.112. The molecule has 0 radical (unpaired) electrons. The van der Waals surface area contributed by atoms with Crippen LogP contribution < -0.4 is 5.32 Å². The van der Waals surface area contributed by atoms with E-state index in [2.05, 4.69) is 11.9 Å². The first-order chi connectivity index (χ1) is 8.15. The van der Waals surface area contributed by atoms with Gasteiger partial charge in [0.25, 0.3) is 5.91 Å². The molecule has 17 heavy (non-hydrogen) atoms. The summed E-state index contributed by atoms with van der Waals surface area (Å²) in [5, 5.41) is 12.0. The highest BCUT2D eigenvalue weighted by Crippen LogP contribution is 2.11. The van der Waals surface area contributed by atoms with Gasteiger partial charge in [0.15, 0.2) is 0 Å². The third kappa shape index (κ3) is 3.99. The normalized spacial score (nSPS) is 11.5. The number of hydrogen-bond acceptors (Lipinski definition) is 2. The number of carbonyl (C=O) groups is 1. The second-order valence-electron chi connectivity index (χ2n) is 3.37. The predicted molar refractivity (Wildman–Crippen MR) is 69.7 cm³/mol. The number of benzene rings is 1. The van der Waals surface area contributed by atoms with Gasteiger partial charge in [0.2, 0.25) is 0 Å². The first-order valence-corrected chi connectivity index (χ1v) is 5.22. The van der Waals surface area contributed by atoms with E-state index in [1.54, 1.807) is 24.3 Å². The largest absolute Gasteiger partial charge is 0.508 e. The topological polar surface area (TPSA) is 49.3 Å². The van der Waals surface area contributed by atoms with Crippen LogP contribution in [0.5, 0.6) is 0 Å². The van der Waals surface area contributed by atoms with Gasteiger partial charge in [-0.1, -0.05) is 36.9 Å². The minimum absolute atomic E-state index is 0.145. The van der Waals surface area contributed by atoms with Gasteiger partial charge >= 0.3 is 0 Å². The number of carbonyl (C=O) groups excluding carboxylic acids is 1. The second-order valence-corrected chi connectivity index (χ2v) is 3.37. The fourth-order valence-corrected chi connectivity index (χ4v) is 1.22. The van der Waals surface area contributed by atoms with Crippen LogP contribution in [-0.4, -0.2) is 11.0 Å². The zero-order valence-corrected chi connectivity index (χ0v) is 9.68. The van der Waals surface area contributed by atoms with Crippen LogP contribution in [0.15, 0.2) is 66.5 Å². The molecule has 0 aromatic heterocycles. The van der Waals surface area contributed by atoms with Crippen molar-refractivity contribution in [2.24, 2.45) is 0 Å². The maximum atomic E-state index is 11.8. The zero-order valence-electron chi connectivity index (χ0n) is 9.68. The van der Waals surface area contributed by atoms with E-state index in [0.29, 0.717) is 5.69 Å². The van der Waals surface area contributed by atoms with Gasteiger partial charge in [-0.3, -0.25) is 4.79 Å². The maximum absolute atomic E-state index is 11.8. The van der Waals surface area contributed by atoms with Crippen LogP contribution in [0.4, 0.5) is 5.69 Å². The summed E-state index contributed by atoms with van der Waals surface area (Å²) >= 11 is 0. The van der Waals surface area contributed by atoms with Gasteiger partial charge in [0, 0.05) is 5.69 Å². The summed E-state index contributed by atoms with van der Waals surface area (Å²) in [5.74, 6) is -0.640. The van der Waals surface area contributed by atoms with Gasteiger partial charge in [-0.2, -0.15) is 0 Å². The highest BCUT2D eigenvalue weighted by Gasteiger charge is 2.11. The first-order valence-electron chi connectivity index (χ1n) is 5.22. The Hall–Kier alpha value is -2.29. The van der Waals surface area contributed by atoms with Gasteiger partial charge in [0.05, 0.1) is 5.57 Å². The van der Waals surface area contributed by atoms with E-state index in [4.69, 9.17) is 0 Å². The molecular formula is C14H15NO2. The Kier molecular flexibility index (Phi) is 4.76. The van der Waals surface area contributed by atoms with Crippen LogP contribution in [0.25, 0.3) is 0 Å². The molecule has 88 valence electrons. The Morgan fingerprint density at radius 1 is 1.35 bits per heavy atom. The Balaban J connectivity index is 2.84. The van der Waals surface area contributed by atoms with Crippen LogP contribution in [-0.2, 0) is 4.79 Å². The summed E-state index contributed by atoms with van der Waals surface area (Å²) < 4.78 is 0. The summed E-state index contributed by atoms with van der Waals surface area (Å²) in [5.41, 5.74) is 0.817. The Labute approximate surface area is 101 Å². The molecule has 0 atom stereocenters. The lowest BCUT2D eigenvalue weighted by atomic mass is 10.2. The number of anilines is 1. The molecule has 0 aliphatic carbocycles. The standard InChI is InChI=1S/C14H15NO2/c1-3-4-10-13(11(2)16)14(17)15-12-8-6-5-7-9-12/h3-10,16H,2H2,1H3,(H,15,17)/b4-3-,13-10+. The quantitative estimate of drug-likeness (QED) is 0.473. The summed E-state index contributed by atoms with van der Waals surface area (Å²) in [6.45, 7) is 5.19. The smallest absolute Gasteiger partial charge is 0.259 e. The molecule has 0 aliphatic rings. The molecule has 0 saturated heterocycles. The fraction of sp³-hybridized carbons (Fsp3) is 0.0714. The Morgan fingerprint density at radius 2 is 2.00 bits per heavy atom. The van der Waals surface area contributed by atoms with E-state index in [0.717, 1.165) is 0 Å². The molecule has 0 spiro atoms. The molecule has 0 saturated carbocycles. The number of allylic oxidation sites excluding steroid dienone is 3. The van der Waals surface area contributed by atoms with Crippen LogP contribution in [0.2, 0.25) is 0 Å². The minimum atomic E-state index is -0.387. The SMILES string of the molecule is C=C(O)/C(=C\C=C/C)C(=O)Nc1ccccc1. The van der Waals surface area contributed by atoms with E-state index >= 15 is 0 Å². The lowest BCUT2D eigenvalue weighted by Crippen LogP contribution is -2.15. The zero-order chi connectivity index (χ0) is 12.7. The van der Waals surface area contributed by atoms with Gasteiger partial charge in [-0.05, 0) is 25.1 Å². The van der Waals surface area contributed by atoms with Gasteiger partial charge < -0.3 is 10.4 Å². The van der Waals surface area contributed by atoms with Crippen LogP contribution in [0, 0.1) is 0 Å². The van der Waals surface area contributed by atoms with E-state index < -0.39 is 0 Å². The van der Waals surface area contributed by atoms with Crippen LogP contribution in [0.3, 0.4) is 0 Å². The van der Waals surface area contributed by atoms with Crippen molar-refractivity contribution in [3.63, 3.8) is 0 Å². The van der Waals surface area contributed by atoms with Crippen molar-refractivity contribution in [2.45, 2.75) is 6.92 Å². The van der Waals surface area contributed by atoms with E-state index in [1.165, 1.54) is 6.08 Å². The molecule has 0 heterocycles. The number of amides is 1. The van der Waals surface area contributed by atoms with Crippen molar-refractivity contribution in [3.8, 4) is 0 Å². The van der Waals surface area contributed by atoms with Crippen molar-refractivity contribution in [1.29, 1.82) is 0 Å². The van der Waals surface area contributed by atoms with Crippen molar-refractivity contribution in [2.75, 3.05) is 5.32 Å². The Bertz CT molecular complexity index is 458. The highest BCUT2D eigenvalue weighted by molar-refractivity contribution is 6.06. The van der Waals surface area contributed by atoms with E-state index in [-0.39, 0.29) is 17.2 Å². The van der Waals surface area contributed by atoms with Crippen molar-refractivity contribution >= 4 is 11.6 Å². The first kappa shape index (κ1) is 12.8. The average Bonchev–Trinajstić information content (AvgIpc) is 2.30. The average molecular weight is 229 g/mol. The monoisotopic (exact) mass is 229 g/mol. The van der Waals surface area contributed by atoms with Gasteiger partial charge in [-0.15, -0.1) is 0 Å². The fourth-order valence-electron chi connectivity index (χ4n) is 1.22. The second kappa shape index (κ2) is 6.33. The molecule has 3 heteroatoms. The van der Waals surface area contributed by atoms with Crippen molar-refractivity contribution < 1.29 is 9.90 Å². The molecule has 3 nitrogen and oxygen atoms in total. The molecule has 0 aliphatic heterocycles. The number of aliphatic hydroxyl groups excluding tert-OH is 1. The van der Waals surface area contributed by atoms with Gasteiger partial charge in [0.1, 0.15) is 5.76 Å². The van der Waals surface area contributed by atoms with E-state index in [9.17, 15) is 9.90 Å². The van der Waals surface area contributed by atoms with Crippen molar-refractivity contribution in [1.82, 2.24) is 0 Å². The molecule has 0 bridgehead atoms. The van der Waals surface area contributed by atoms with Gasteiger partial charge in [-0.25, -0.2) is 0 Å². The summed E-state index contributed by atoms with van der Waals surface area (Å²) in [4.78, 5) is 11.8. The minimum Gasteiger partial charge on any atom is -0.508 e. The lowest BCUT2D eigenvalue weighted by Gasteiger charge is -2.06. The van der Waals surface area contributed by atoms with E-state index in [1.807, 2.05) is 25.1 Å². The molecule has 0 fully saturated rings. The third-order valence-corrected chi connectivity index (χ3v) is 2.04. The number of para-hydroxylation sites is 1. The van der Waals surface area contributed by atoms with Crippen molar-refractivity contribution in [3.05, 3.63) is 66.5 Å². The maximum Gasteiger partial charge on any atom is 0.259 e. The number of aliphatic hydroxyl groups is 1. The molecule has 1 aromatic carbocycles. The number of rotatable bonds is 4. The molecular weight excluding hydrogens is 214 g/mol. The summed E-state index contributed by atoms with van der Waals surface area (Å²) in [7, 11) is 0.